The van der Waals surface area contributed by atoms with Crippen molar-refractivity contribution in [3.63, 3.8) is 0 Å². The molecule has 2 rings (SSSR count). The van der Waals surface area contributed by atoms with Crippen molar-refractivity contribution < 1.29 is 15.0 Å². The van der Waals surface area contributed by atoms with Gasteiger partial charge >= 0.3 is 0 Å². The monoisotopic (exact) mass is 267 g/mol. The average Bonchev–Trinajstić information content (AvgIpc) is 2.86. The van der Waals surface area contributed by atoms with Gasteiger partial charge in [-0.3, -0.25) is 9.69 Å². The number of carbonyl (C=O) groups excluding carboxylic acids is 1. The van der Waals surface area contributed by atoms with Crippen LogP contribution in [-0.2, 0) is 0 Å². The van der Waals surface area contributed by atoms with E-state index in [0.717, 1.165) is 17.9 Å². The highest BCUT2D eigenvalue weighted by molar-refractivity contribution is 7.99. The first kappa shape index (κ1) is 13.2. The summed E-state index contributed by atoms with van der Waals surface area (Å²) in [5, 5.41) is 18.6. The quantitative estimate of drug-likeness (QED) is 0.642. The third-order valence-electron chi connectivity index (χ3n) is 3.22. The van der Waals surface area contributed by atoms with E-state index in [1.165, 1.54) is 18.2 Å². The third kappa shape index (κ3) is 2.97. The number of phenols is 2. The zero-order valence-electron chi connectivity index (χ0n) is 10.3. The Morgan fingerprint density at radius 2 is 2.22 bits per heavy atom. The number of ketones is 1. The van der Waals surface area contributed by atoms with Gasteiger partial charge in [0.1, 0.15) is 0 Å². The Balaban J connectivity index is 2.00. The topological polar surface area (TPSA) is 60.8 Å². The van der Waals surface area contributed by atoms with E-state index in [2.05, 4.69) is 4.90 Å². The molecular weight excluding hydrogens is 250 g/mol. The van der Waals surface area contributed by atoms with E-state index >= 15 is 0 Å². The Kier molecular flexibility index (Phi) is 4.14. The van der Waals surface area contributed by atoms with Gasteiger partial charge < -0.3 is 10.2 Å². The molecule has 0 bridgehead atoms. The molecule has 0 amide bonds. The van der Waals surface area contributed by atoms with Crippen LogP contribution in [0.3, 0.4) is 0 Å². The zero-order chi connectivity index (χ0) is 13.1. The van der Waals surface area contributed by atoms with Crippen molar-refractivity contribution in [2.75, 3.05) is 25.1 Å². The molecule has 0 spiro atoms. The van der Waals surface area contributed by atoms with Crippen LogP contribution < -0.4 is 0 Å². The average molecular weight is 267 g/mol. The third-order valence-corrected chi connectivity index (χ3v) is 4.36. The summed E-state index contributed by atoms with van der Waals surface area (Å²) in [4.78, 5) is 14.1. The second-order valence-corrected chi connectivity index (χ2v) is 5.71. The lowest BCUT2D eigenvalue weighted by molar-refractivity contribution is 0.0926. The lowest BCUT2D eigenvalue weighted by Crippen LogP contribution is -2.35. The maximum Gasteiger partial charge on any atom is 0.176 e. The Hall–Kier alpha value is -1.20. The van der Waals surface area contributed by atoms with Gasteiger partial charge in [0.05, 0.1) is 6.54 Å². The number of hydrogen-bond donors (Lipinski definition) is 2. The Labute approximate surface area is 111 Å². The van der Waals surface area contributed by atoms with Gasteiger partial charge in [-0.25, -0.2) is 0 Å². The van der Waals surface area contributed by atoms with Crippen molar-refractivity contribution in [3.05, 3.63) is 23.8 Å². The number of nitrogens with zero attached hydrogens (tertiary/aromatic N) is 1. The molecular formula is C13H17NO3S. The molecule has 1 aromatic rings. The first-order chi connectivity index (χ1) is 8.58. The van der Waals surface area contributed by atoms with Crippen LogP contribution in [0.1, 0.15) is 16.8 Å². The molecule has 1 atom stereocenters. The first-order valence-electron chi connectivity index (χ1n) is 5.91. The Morgan fingerprint density at radius 3 is 2.83 bits per heavy atom. The number of likely N-dealkylation sites (N-methyl/N-ethyl adjacent to an activating group) is 1. The second-order valence-electron chi connectivity index (χ2n) is 4.56. The molecule has 5 heteroatoms. The van der Waals surface area contributed by atoms with Crippen molar-refractivity contribution in [1.82, 2.24) is 4.90 Å². The van der Waals surface area contributed by atoms with Crippen molar-refractivity contribution in [3.8, 4) is 11.5 Å². The van der Waals surface area contributed by atoms with Gasteiger partial charge in [-0.15, -0.1) is 0 Å². The summed E-state index contributed by atoms with van der Waals surface area (Å²) in [5.74, 6) is 1.74. The normalized spacial score (nSPS) is 19.3. The standard InChI is InChI=1S/C13H17NO3S/c1-14(10-4-5-18-8-10)7-13(17)9-2-3-11(15)12(16)6-9/h2-3,6,10,15-16H,4-5,7-8H2,1H3. The molecule has 0 aliphatic carbocycles. The predicted octanol–water partition coefficient (Wildman–Crippen LogP) is 1.72. The van der Waals surface area contributed by atoms with Gasteiger partial charge in [0.15, 0.2) is 17.3 Å². The molecule has 1 fully saturated rings. The van der Waals surface area contributed by atoms with Gasteiger partial charge in [-0.1, -0.05) is 0 Å². The summed E-state index contributed by atoms with van der Waals surface area (Å²) < 4.78 is 0. The highest BCUT2D eigenvalue weighted by atomic mass is 32.2. The molecule has 1 aliphatic heterocycles. The van der Waals surface area contributed by atoms with Crippen LogP contribution in [0.2, 0.25) is 0 Å². The number of carbonyl (C=O) groups is 1. The van der Waals surface area contributed by atoms with Gasteiger partial charge in [-0.2, -0.15) is 11.8 Å². The van der Waals surface area contributed by atoms with Crippen LogP contribution in [0.4, 0.5) is 0 Å². The fourth-order valence-electron chi connectivity index (χ4n) is 2.01. The Bertz CT molecular complexity index is 444. The summed E-state index contributed by atoms with van der Waals surface area (Å²) >= 11 is 1.91. The first-order valence-corrected chi connectivity index (χ1v) is 7.06. The SMILES string of the molecule is CN(CC(=O)c1ccc(O)c(O)c1)C1CCSC1. The maximum absolute atomic E-state index is 12.0. The molecule has 1 aromatic carbocycles. The van der Waals surface area contributed by atoms with E-state index in [9.17, 15) is 15.0 Å². The summed E-state index contributed by atoms with van der Waals surface area (Å²) in [6, 6.07) is 4.65. The lowest BCUT2D eigenvalue weighted by atomic mass is 10.1. The number of benzene rings is 1. The van der Waals surface area contributed by atoms with Crippen LogP contribution in [-0.4, -0.2) is 52.0 Å². The molecule has 1 aliphatic rings. The van der Waals surface area contributed by atoms with Crippen molar-refractivity contribution >= 4 is 17.5 Å². The highest BCUT2D eigenvalue weighted by Crippen LogP contribution is 2.26. The van der Waals surface area contributed by atoms with Crippen LogP contribution in [0.25, 0.3) is 0 Å². The van der Waals surface area contributed by atoms with Gasteiger partial charge in [0.25, 0.3) is 0 Å². The van der Waals surface area contributed by atoms with Crippen LogP contribution in [0.5, 0.6) is 11.5 Å². The van der Waals surface area contributed by atoms with E-state index < -0.39 is 0 Å². The fourth-order valence-corrected chi connectivity index (χ4v) is 3.31. The number of hydrogen-bond acceptors (Lipinski definition) is 5. The summed E-state index contributed by atoms with van der Waals surface area (Å²) in [7, 11) is 1.95. The fraction of sp³-hybridized carbons (Fsp3) is 0.462. The number of phenolic OH excluding ortho intramolecular Hbond substituents is 2. The van der Waals surface area contributed by atoms with Gasteiger partial charge in [-0.05, 0) is 37.4 Å². The second kappa shape index (κ2) is 5.63. The number of Topliss-reactive ketones (excluding diaryl/α,β-unsaturated/α-hetero) is 1. The van der Waals surface area contributed by atoms with Crippen LogP contribution in [0.15, 0.2) is 18.2 Å². The minimum Gasteiger partial charge on any atom is -0.504 e. The molecule has 1 unspecified atom stereocenters. The molecule has 0 saturated carbocycles. The highest BCUT2D eigenvalue weighted by Gasteiger charge is 2.22. The number of thioether (sulfide) groups is 1. The Morgan fingerprint density at radius 1 is 1.44 bits per heavy atom. The van der Waals surface area contributed by atoms with E-state index in [0.29, 0.717) is 18.2 Å². The molecule has 2 N–H and O–H groups in total. The van der Waals surface area contributed by atoms with Gasteiger partial charge in [0, 0.05) is 17.4 Å². The smallest absolute Gasteiger partial charge is 0.176 e. The van der Waals surface area contributed by atoms with E-state index in [1.807, 2.05) is 18.8 Å². The van der Waals surface area contributed by atoms with Crippen molar-refractivity contribution in [2.24, 2.45) is 0 Å². The van der Waals surface area contributed by atoms with Crippen LogP contribution in [0, 0.1) is 0 Å². The number of aromatic hydroxyl groups is 2. The molecule has 0 aromatic heterocycles. The van der Waals surface area contributed by atoms with E-state index in [1.54, 1.807) is 0 Å². The molecule has 0 radical (unpaired) electrons. The minimum atomic E-state index is -0.250. The maximum atomic E-state index is 12.0. The molecule has 18 heavy (non-hydrogen) atoms. The summed E-state index contributed by atoms with van der Waals surface area (Å²) in [5.41, 5.74) is 0.433. The molecule has 1 saturated heterocycles. The van der Waals surface area contributed by atoms with Crippen LogP contribution >= 0.6 is 11.8 Å². The minimum absolute atomic E-state index is 0.0373. The van der Waals surface area contributed by atoms with E-state index in [-0.39, 0.29) is 17.3 Å². The molecule has 1 heterocycles. The van der Waals surface area contributed by atoms with E-state index in [4.69, 9.17) is 0 Å². The largest absolute Gasteiger partial charge is 0.504 e. The zero-order valence-corrected chi connectivity index (χ0v) is 11.1. The van der Waals surface area contributed by atoms with Gasteiger partial charge in [0.2, 0.25) is 0 Å². The number of rotatable bonds is 4. The molecule has 98 valence electrons. The summed E-state index contributed by atoms with van der Waals surface area (Å²) in [6.45, 7) is 0.343. The predicted molar refractivity (Wildman–Crippen MR) is 72.5 cm³/mol. The molecule has 4 nitrogen and oxygen atoms in total. The van der Waals surface area contributed by atoms with Crippen molar-refractivity contribution in [2.45, 2.75) is 12.5 Å². The lowest BCUT2D eigenvalue weighted by Gasteiger charge is -2.22. The summed E-state index contributed by atoms with van der Waals surface area (Å²) in [6.07, 6.45) is 1.12. The van der Waals surface area contributed by atoms with Crippen molar-refractivity contribution in [1.29, 1.82) is 0 Å².